The molecule has 198 valence electrons. The first-order valence-corrected chi connectivity index (χ1v) is 12.9. The lowest BCUT2D eigenvalue weighted by Gasteiger charge is -2.40. The van der Waals surface area contributed by atoms with Crippen LogP contribution in [0.25, 0.3) is 33.2 Å². The van der Waals surface area contributed by atoms with Crippen molar-refractivity contribution in [3.05, 3.63) is 28.0 Å². The Labute approximate surface area is 229 Å². The molecule has 0 spiro atoms. The Morgan fingerprint density at radius 1 is 1.21 bits per heavy atom. The van der Waals surface area contributed by atoms with Gasteiger partial charge in [0.1, 0.15) is 16.8 Å². The van der Waals surface area contributed by atoms with Crippen LogP contribution in [0.4, 0.5) is 10.7 Å². The third kappa shape index (κ3) is 4.70. The van der Waals surface area contributed by atoms with Gasteiger partial charge in [-0.3, -0.25) is 9.78 Å². The van der Waals surface area contributed by atoms with Gasteiger partial charge in [-0.1, -0.05) is 23.2 Å². The second-order valence-electron chi connectivity index (χ2n) is 10.7. The van der Waals surface area contributed by atoms with Crippen LogP contribution in [0.1, 0.15) is 46.2 Å². The van der Waals surface area contributed by atoms with Crippen LogP contribution in [0.5, 0.6) is 0 Å². The predicted molar refractivity (Wildman–Crippen MR) is 145 cm³/mol. The molecule has 0 aliphatic carbocycles. The van der Waals surface area contributed by atoms with Crippen LogP contribution in [0.3, 0.4) is 0 Å². The molecule has 38 heavy (non-hydrogen) atoms. The molecule has 0 saturated carbocycles. The molecule has 1 aromatic carbocycles. The number of rotatable bonds is 3. The number of hydrogen-bond donors (Lipinski definition) is 2. The molecule has 4 heterocycles. The summed E-state index contributed by atoms with van der Waals surface area (Å²) in [5, 5.41) is 26.6. The first-order valence-electron chi connectivity index (χ1n) is 12.1. The highest BCUT2D eigenvalue weighted by molar-refractivity contribution is 6.43. The van der Waals surface area contributed by atoms with Crippen LogP contribution in [0.2, 0.25) is 10.2 Å². The van der Waals surface area contributed by atoms with E-state index in [0.29, 0.717) is 75.2 Å². The van der Waals surface area contributed by atoms with Crippen molar-refractivity contribution >= 4 is 57.2 Å². The largest absolute Gasteiger partial charge is 0.444 e. The summed E-state index contributed by atoms with van der Waals surface area (Å²) in [7, 11) is 1.74. The average molecular weight is 556 g/mol. The van der Waals surface area contributed by atoms with Crippen LogP contribution in [0.15, 0.2) is 12.1 Å². The van der Waals surface area contributed by atoms with Gasteiger partial charge in [0, 0.05) is 31.2 Å². The summed E-state index contributed by atoms with van der Waals surface area (Å²) in [4.78, 5) is 23.5. The van der Waals surface area contributed by atoms with Gasteiger partial charge in [0.15, 0.2) is 11.3 Å². The Morgan fingerprint density at radius 3 is 2.58 bits per heavy atom. The number of nitrogens with zero attached hydrogens (tertiary/aromatic N) is 7. The van der Waals surface area contributed by atoms with E-state index >= 15 is 0 Å². The fourth-order valence-electron chi connectivity index (χ4n) is 4.61. The Morgan fingerprint density at radius 2 is 1.92 bits per heavy atom. The molecule has 1 aliphatic rings. The van der Waals surface area contributed by atoms with Crippen molar-refractivity contribution in [1.82, 2.24) is 35.3 Å². The lowest BCUT2D eigenvalue weighted by Crippen LogP contribution is -2.54. The van der Waals surface area contributed by atoms with E-state index in [1.807, 2.05) is 38.7 Å². The number of aromatic nitrogens is 6. The molecule has 1 amide bonds. The zero-order valence-corrected chi connectivity index (χ0v) is 23.2. The minimum atomic E-state index is -0.569. The number of aromatic amines is 1. The molecule has 1 aliphatic heterocycles. The van der Waals surface area contributed by atoms with E-state index in [9.17, 15) is 10.1 Å². The Bertz CT molecular complexity index is 1610. The summed E-state index contributed by atoms with van der Waals surface area (Å²) < 4.78 is 6.97. The monoisotopic (exact) mass is 555 g/mol. The third-order valence-corrected chi connectivity index (χ3v) is 7.42. The molecule has 3 aromatic heterocycles. The maximum Gasteiger partial charge on any atom is 0.408 e. The zero-order chi connectivity index (χ0) is 27.4. The molecule has 5 rings (SSSR count). The van der Waals surface area contributed by atoms with Crippen LogP contribution in [-0.2, 0) is 11.8 Å². The second kappa shape index (κ2) is 9.29. The van der Waals surface area contributed by atoms with Crippen molar-refractivity contribution in [3.8, 4) is 17.3 Å². The van der Waals surface area contributed by atoms with E-state index in [1.54, 1.807) is 17.8 Å². The van der Waals surface area contributed by atoms with Crippen molar-refractivity contribution < 1.29 is 9.53 Å². The summed E-state index contributed by atoms with van der Waals surface area (Å²) in [5.74, 6) is 0.406. The van der Waals surface area contributed by atoms with Crippen molar-refractivity contribution in [1.29, 1.82) is 5.26 Å². The van der Waals surface area contributed by atoms with Gasteiger partial charge in [0.25, 0.3) is 0 Å². The number of hydrogen-bond acceptors (Lipinski definition) is 8. The zero-order valence-electron chi connectivity index (χ0n) is 21.7. The van der Waals surface area contributed by atoms with Gasteiger partial charge in [-0.15, -0.1) is 0 Å². The number of carbonyl (C=O) groups excluding carboxylic acids is 1. The summed E-state index contributed by atoms with van der Waals surface area (Å²) in [6, 6.07) is 5.80. The molecule has 13 heteroatoms. The van der Waals surface area contributed by atoms with E-state index in [-0.39, 0.29) is 5.69 Å². The molecule has 0 unspecified atom stereocenters. The molecule has 4 aromatic rings. The highest BCUT2D eigenvalue weighted by atomic mass is 35.5. The Balaban J connectivity index is 1.43. The number of piperidine rings is 1. The molecule has 1 fully saturated rings. The van der Waals surface area contributed by atoms with Gasteiger partial charge in [-0.2, -0.15) is 20.4 Å². The van der Waals surface area contributed by atoms with E-state index in [2.05, 4.69) is 36.7 Å². The Hall–Kier alpha value is -3.62. The summed E-state index contributed by atoms with van der Waals surface area (Å²) in [6.07, 6.45) is 0.873. The molecule has 1 saturated heterocycles. The normalized spacial score (nSPS) is 15.6. The number of ether oxygens (including phenoxy) is 1. The van der Waals surface area contributed by atoms with Crippen molar-refractivity contribution in [2.75, 3.05) is 18.0 Å². The molecule has 0 radical (unpaired) electrons. The number of fused-ring (bicyclic) bond motifs is 2. The number of anilines is 1. The maximum atomic E-state index is 12.3. The number of H-pyrrole nitrogens is 1. The van der Waals surface area contributed by atoms with E-state index < -0.39 is 17.2 Å². The highest BCUT2D eigenvalue weighted by Crippen LogP contribution is 2.40. The predicted octanol–water partition coefficient (Wildman–Crippen LogP) is 4.97. The average Bonchev–Trinajstić information content (AvgIpc) is 3.38. The lowest BCUT2D eigenvalue weighted by molar-refractivity contribution is 0.0448. The maximum absolute atomic E-state index is 12.3. The highest BCUT2D eigenvalue weighted by Gasteiger charge is 2.34. The van der Waals surface area contributed by atoms with E-state index in [4.69, 9.17) is 27.9 Å². The number of alkyl carbamates (subject to hydrolysis) is 1. The first-order chi connectivity index (χ1) is 17.9. The minimum absolute atomic E-state index is 0.183. The minimum Gasteiger partial charge on any atom is -0.444 e. The summed E-state index contributed by atoms with van der Waals surface area (Å²) >= 11 is 13.2. The van der Waals surface area contributed by atoms with Gasteiger partial charge in [0.2, 0.25) is 5.95 Å². The van der Waals surface area contributed by atoms with Gasteiger partial charge >= 0.3 is 6.09 Å². The number of aryl methyl sites for hydroxylation is 1. The molecule has 2 N–H and O–H groups in total. The van der Waals surface area contributed by atoms with Gasteiger partial charge < -0.3 is 15.0 Å². The lowest BCUT2D eigenvalue weighted by atomic mass is 9.90. The number of amides is 1. The van der Waals surface area contributed by atoms with E-state index in [1.165, 1.54) is 0 Å². The standard InChI is InChI=1S/C25H27Cl2N9O2/c1-24(2,3)38-23(37)31-25(4)8-10-36(11-9-25)22-29-15(12-28)17-19(32-33-21(17)30-22)13-6-7-14-16(18(13)26)20(27)35(5)34-14/h6-7H,8-11H2,1-5H3,(H,31,37)(H,29,30,32,33). The van der Waals surface area contributed by atoms with Crippen LogP contribution < -0.4 is 10.2 Å². The fourth-order valence-corrected chi connectivity index (χ4v) is 5.23. The molecular formula is C25H27Cl2N9O2. The van der Waals surface area contributed by atoms with Gasteiger partial charge in [0.05, 0.1) is 27.0 Å². The summed E-state index contributed by atoms with van der Waals surface area (Å²) in [6.45, 7) is 8.66. The van der Waals surface area contributed by atoms with Crippen molar-refractivity contribution in [2.45, 2.75) is 51.7 Å². The Kier molecular flexibility index (Phi) is 6.36. The van der Waals surface area contributed by atoms with Gasteiger partial charge in [-0.25, -0.2) is 9.78 Å². The van der Waals surface area contributed by atoms with Gasteiger partial charge in [-0.05, 0) is 52.7 Å². The molecular weight excluding hydrogens is 529 g/mol. The third-order valence-electron chi connectivity index (χ3n) is 6.60. The van der Waals surface area contributed by atoms with Crippen LogP contribution in [-0.4, -0.2) is 60.3 Å². The topological polar surface area (TPSA) is 138 Å². The van der Waals surface area contributed by atoms with Crippen LogP contribution >= 0.6 is 23.2 Å². The smallest absolute Gasteiger partial charge is 0.408 e. The number of nitrogens with one attached hydrogen (secondary N) is 2. The molecule has 0 atom stereocenters. The van der Waals surface area contributed by atoms with Crippen LogP contribution in [0, 0.1) is 11.3 Å². The fraction of sp³-hybridized carbons (Fsp3) is 0.440. The second-order valence-corrected chi connectivity index (χ2v) is 11.4. The quantitative estimate of drug-likeness (QED) is 0.361. The van der Waals surface area contributed by atoms with Crippen molar-refractivity contribution in [2.24, 2.45) is 7.05 Å². The molecule has 11 nitrogen and oxygen atoms in total. The number of nitriles is 1. The number of carbonyl (C=O) groups is 1. The van der Waals surface area contributed by atoms with Crippen molar-refractivity contribution in [3.63, 3.8) is 0 Å². The SMILES string of the molecule is Cn1nc2ccc(-c3[nH]nc4nc(N5CCC(C)(NC(=O)OC(C)(C)C)CC5)nc(C#N)c34)c(Cl)c2c1Cl. The van der Waals surface area contributed by atoms with E-state index in [0.717, 1.165) is 0 Å². The number of benzene rings is 1. The molecule has 0 bridgehead atoms. The first kappa shape index (κ1) is 26.0. The number of halogens is 2. The summed E-state index contributed by atoms with van der Waals surface area (Å²) in [5.41, 5.74) is 1.35.